The molecule has 1 fully saturated rings. The zero-order valence-corrected chi connectivity index (χ0v) is 25.4. The summed E-state index contributed by atoms with van der Waals surface area (Å²) in [5.74, 6) is -2.41. The van der Waals surface area contributed by atoms with Crippen LogP contribution in [0.3, 0.4) is 0 Å². The first-order valence-electron chi connectivity index (χ1n) is 13.6. The molecule has 0 aliphatic carbocycles. The summed E-state index contributed by atoms with van der Waals surface area (Å²) < 4.78 is 21.4. The van der Waals surface area contributed by atoms with Gasteiger partial charge in [0.25, 0.3) is 0 Å². The maximum absolute atomic E-state index is 15.9. The molecule has 3 N–H and O–H groups in total. The molecule has 4 atom stereocenters. The van der Waals surface area contributed by atoms with Crippen molar-refractivity contribution in [1.82, 2.24) is 5.32 Å². The van der Waals surface area contributed by atoms with Crippen LogP contribution in [0.1, 0.15) is 61.5 Å². The van der Waals surface area contributed by atoms with Gasteiger partial charge in [0.2, 0.25) is 11.8 Å². The van der Waals surface area contributed by atoms with Crippen LogP contribution in [-0.2, 0) is 15.0 Å². The highest BCUT2D eigenvalue weighted by molar-refractivity contribution is 6.31. The van der Waals surface area contributed by atoms with Crippen LogP contribution in [0.4, 0.5) is 15.8 Å². The van der Waals surface area contributed by atoms with Gasteiger partial charge in [-0.05, 0) is 66.3 Å². The molecule has 7 nitrogen and oxygen atoms in total. The Bertz CT molecular complexity index is 1610. The first-order valence-corrected chi connectivity index (χ1v) is 14.3. The van der Waals surface area contributed by atoms with Crippen molar-refractivity contribution in [3.63, 3.8) is 0 Å². The van der Waals surface area contributed by atoms with E-state index in [4.69, 9.17) is 27.9 Å². The Balaban J connectivity index is 1.70. The molecule has 3 aromatic rings. The van der Waals surface area contributed by atoms with E-state index in [0.717, 1.165) is 0 Å². The summed E-state index contributed by atoms with van der Waals surface area (Å²) in [7, 11) is 1.44. The van der Waals surface area contributed by atoms with Crippen LogP contribution >= 0.6 is 23.2 Å². The number of fused-ring (bicyclic) bond motifs is 2. The van der Waals surface area contributed by atoms with E-state index in [1.54, 1.807) is 48.5 Å². The number of anilines is 2. The summed E-state index contributed by atoms with van der Waals surface area (Å²) in [6.07, 6.45) is 0.488. The highest BCUT2D eigenvalue weighted by Gasteiger charge is 2.66. The summed E-state index contributed by atoms with van der Waals surface area (Å²) in [6.45, 7) is 7.57. The van der Waals surface area contributed by atoms with Crippen LogP contribution in [0, 0.1) is 11.2 Å². The van der Waals surface area contributed by atoms with E-state index in [9.17, 15) is 14.4 Å². The number of benzene rings is 3. The second kappa shape index (κ2) is 11.0. The number of amides is 2. The number of methoxy groups -OCH3 is 1. The Morgan fingerprint density at radius 2 is 1.83 bits per heavy atom. The zero-order chi connectivity index (χ0) is 30.6. The number of rotatable bonds is 6. The van der Waals surface area contributed by atoms with Crippen LogP contribution in [-0.4, -0.2) is 36.8 Å². The maximum atomic E-state index is 15.9. The molecule has 0 saturated carbocycles. The fourth-order valence-electron chi connectivity index (χ4n) is 6.38. The Labute approximate surface area is 254 Å². The van der Waals surface area contributed by atoms with E-state index < -0.39 is 35.1 Å². The van der Waals surface area contributed by atoms with Gasteiger partial charge in [0.05, 0.1) is 23.9 Å². The van der Waals surface area contributed by atoms with Crippen LogP contribution in [0.15, 0.2) is 54.6 Å². The van der Waals surface area contributed by atoms with E-state index >= 15 is 4.39 Å². The first-order chi connectivity index (χ1) is 19.8. The fourth-order valence-corrected chi connectivity index (χ4v) is 6.73. The van der Waals surface area contributed by atoms with Crippen molar-refractivity contribution >= 4 is 52.2 Å². The first kappa shape index (κ1) is 30.0. The Morgan fingerprint density at radius 3 is 2.50 bits per heavy atom. The number of hydrogen-bond acceptors (Lipinski definition) is 5. The van der Waals surface area contributed by atoms with E-state index in [2.05, 4.69) is 16.0 Å². The Morgan fingerprint density at radius 1 is 1.10 bits per heavy atom. The largest absolute Gasteiger partial charge is 0.495 e. The minimum Gasteiger partial charge on any atom is -0.495 e. The number of Topliss-reactive ketones (excluding diaryl/α,β-unsaturated/α-hetero) is 1. The zero-order valence-electron chi connectivity index (χ0n) is 23.9. The smallest absolute Gasteiger partial charge is 0.242 e. The van der Waals surface area contributed by atoms with Gasteiger partial charge < -0.3 is 20.7 Å². The number of ether oxygens (including phenoxy) is 1. The average molecular weight is 613 g/mol. The molecule has 10 heteroatoms. The molecular formula is C32H32Cl2FN3O4. The van der Waals surface area contributed by atoms with Gasteiger partial charge in [0.1, 0.15) is 17.0 Å². The molecule has 3 aromatic carbocycles. The molecule has 0 radical (unpaired) electrons. The van der Waals surface area contributed by atoms with Crippen LogP contribution < -0.4 is 20.7 Å². The third-order valence-corrected chi connectivity index (χ3v) is 8.61. The normalized spacial score (nSPS) is 23.0. The van der Waals surface area contributed by atoms with Gasteiger partial charge in [0.15, 0.2) is 5.78 Å². The molecule has 2 amide bonds. The molecule has 1 saturated heterocycles. The fraction of sp³-hybridized carbons (Fsp3) is 0.344. The molecule has 2 heterocycles. The topological polar surface area (TPSA) is 96.5 Å². The van der Waals surface area contributed by atoms with Gasteiger partial charge in [-0.2, -0.15) is 0 Å². The third-order valence-electron chi connectivity index (χ3n) is 8.09. The van der Waals surface area contributed by atoms with Crippen molar-refractivity contribution < 1.29 is 23.5 Å². The predicted octanol–water partition coefficient (Wildman–Crippen LogP) is 6.73. The molecule has 0 aromatic heterocycles. The van der Waals surface area contributed by atoms with Crippen molar-refractivity contribution in [3.05, 3.63) is 87.2 Å². The quantitative estimate of drug-likeness (QED) is 0.268. The van der Waals surface area contributed by atoms with E-state index in [1.165, 1.54) is 20.1 Å². The summed E-state index contributed by atoms with van der Waals surface area (Å²) >= 11 is 12.6. The number of nitrogens with one attached hydrogen (secondary N) is 3. The van der Waals surface area contributed by atoms with Crippen molar-refractivity contribution in [3.8, 4) is 5.75 Å². The Hall–Kier alpha value is -3.46. The van der Waals surface area contributed by atoms with Crippen LogP contribution in [0.2, 0.25) is 10.0 Å². The average Bonchev–Trinajstić information content (AvgIpc) is 3.39. The van der Waals surface area contributed by atoms with Gasteiger partial charge in [-0.15, -0.1) is 0 Å². The van der Waals surface area contributed by atoms with Gasteiger partial charge in [0, 0.05) is 28.2 Å². The summed E-state index contributed by atoms with van der Waals surface area (Å²) in [5, 5.41) is 9.62. The lowest BCUT2D eigenvalue weighted by molar-refractivity contribution is -0.122. The Kier molecular flexibility index (Phi) is 7.85. The standard InChI is InChI=1S/C32H32Cl2FN3O4/c1-16(39)17-9-12-22(24(13-17)42-5)36-29(40)28-26(19-7-6-8-21(34)27(19)35)32(25(38-28)15-31(2,3)4)20-11-10-18(33)14-23(20)37-30(32)41/h6-14,25-26,28,38H,15H2,1-5H3,(H,36,40)(H,37,41)/t25?,26?,28-,32-/m1/s1. The van der Waals surface area contributed by atoms with Gasteiger partial charge in [-0.25, -0.2) is 4.39 Å². The molecule has 220 valence electrons. The second-order valence-corrected chi connectivity index (χ2v) is 12.9. The highest BCUT2D eigenvalue weighted by Crippen LogP contribution is 2.57. The lowest BCUT2D eigenvalue weighted by Crippen LogP contribution is -2.49. The van der Waals surface area contributed by atoms with Crippen LogP contribution in [0.5, 0.6) is 5.75 Å². The minimum atomic E-state index is -1.37. The highest BCUT2D eigenvalue weighted by atomic mass is 35.5. The van der Waals surface area contributed by atoms with E-state index in [0.29, 0.717) is 39.7 Å². The minimum absolute atomic E-state index is 0.114. The van der Waals surface area contributed by atoms with Gasteiger partial charge in [-0.3, -0.25) is 14.4 Å². The third kappa shape index (κ3) is 5.06. The number of ketones is 1. The predicted molar refractivity (Wildman–Crippen MR) is 162 cm³/mol. The molecule has 1 spiro atoms. The van der Waals surface area contributed by atoms with Crippen molar-refractivity contribution in [2.24, 2.45) is 5.41 Å². The van der Waals surface area contributed by atoms with E-state index in [-0.39, 0.29) is 27.7 Å². The van der Waals surface area contributed by atoms with Crippen molar-refractivity contribution in [2.75, 3.05) is 17.7 Å². The number of halogens is 3. The molecule has 2 aliphatic heterocycles. The summed E-state index contributed by atoms with van der Waals surface area (Å²) in [4.78, 5) is 40.4. The molecule has 2 aliphatic rings. The van der Waals surface area contributed by atoms with E-state index in [1.807, 2.05) is 20.8 Å². The molecule has 0 bridgehead atoms. The molecule has 5 rings (SSSR count). The second-order valence-electron chi connectivity index (χ2n) is 12.1. The lowest BCUT2D eigenvalue weighted by Gasteiger charge is -2.37. The molecule has 42 heavy (non-hydrogen) atoms. The molecular weight excluding hydrogens is 580 g/mol. The van der Waals surface area contributed by atoms with Gasteiger partial charge in [-0.1, -0.05) is 62.2 Å². The van der Waals surface area contributed by atoms with Crippen LogP contribution in [0.25, 0.3) is 0 Å². The summed E-state index contributed by atoms with van der Waals surface area (Å²) in [6, 6.07) is 12.8. The number of carbonyl (C=O) groups excluding carboxylic acids is 3. The van der Waals surface area contributed by atoms with Gasteiger partial charge >= 0.3 is 0 Å². The number of hydrogen-bond donors (Lipinski definition) is 3. The SMILES string of the molecule is COc1cc(C(C)=O)ccc1NC(=O)[C@@H]1NC(CC(C)(C)C)[C@@]2(C(=O)Nc3cc(Cl)ccc32)C1c1cccc(Cl)c1F. The summed E-state index contributed by atoms with van der Waals surface area (Å²) in [5.41, 5.74) is 0.395. The monoisotopic (exact) mass is 611 g/mol. The molecule has 2 unspecified atom stereocenters. The van der Waals surface area contributed by atoms with Crippen molar-refractivity contribution in [1.29, 1.82) is 0 Å². The number of carbonyl (C=O) groups is 3. The van der Waals surface area contributed by atoms with Crippen molar-refractivity contribution in [2.45, 2.75) is 57.5 Å². The lowest BCUT2D eigenvalue weighted by atomic mass is 9.62. The maximum Gasteiger partial charge on any atom is 0.242 e.